The molecule has 82 valence electrons. The molecule has 1 fully saturated rings. The van der Waals surface area contributed by atoms with Crippen LogP contribution in [0.2, 0.25) is 0 Å². The van der Waals surface area contributed by atoms with E-state index in [0.29, 0.717) is 5.92 Å². The van der Waals surface area contributed by atoms with E-state index in [-0.39, 0.29) is 6.10 Å². The first kappa shape index (κ1) is 10.7. The Kier molecular flexibility index (Phi) is 3.42. The van der Waals surface area contributed by atoms with Gasteiger partial charge in [-0.3, -0.25) is 0 Å². The second kappa shape index (κ2) is 4.80. The second-order valence-corrected chi connectivity index (χ2v) is 4.79. The normalized spacial score (nSPS) is 18.5. The molecule has 1 atom stereocenters. The molecule has 0 aliphatic heterocycles. The van der Waals surface area contributed by atoms with Crippen LogP contribution in [0.1, 0.15) is 36.8 Å². The van der Waals surface area contributed by atoms with Crippen molar-refractivity contribution in [3.63, 3.8) is 0 Å². The Labute approximate surface area is 92.1 Å². The van der Waals surface area contributed by atoms with Crippen LogP contribution in [0.4, 0.5) is 0 Å². The van der Waals surface area contributed by atoms with E-state index in [1.54, 1.807) is 0 Å². The van der Waals surface area contributed by atoms with Crippen LogP contribution >= 0.6 is 0 Å². The van der Waals surface area contributed by atoms with Crippen molar-refractivity contribution >= 4 is 0 Å². The lowest BCUT2D eigenvalue weighted by Gasteiger charge is -2.30. The summed E-state index contributed by atoms with van der Waals surface area (Å²) in [6.45, 7) is 2.12. The average molecular weight is 204 g/mol. The highest BCUT2D eigenvalue weighted by molar-refractivity contribution is 5.22. The first-order chi connectivity index (χ1) is 7.25. The van der Waals surface area contributed by atoms with E-state index in [9.17, 15) is 5.11 Å². The predicted octanol–water partition coefficient (Wildman–Crippen LogP) is 3.09. The quantitative estimate of drug-likeness (QED) is 0.799. The maximum absolute atomic E-state index is 9.90. The highest BCUT2D eigenvalue weighted by Gasteiger charge is 2.24. The van der Waals surface area contributed by atoms with Crippen LogP contribution in [0.15, 0.2) is 24.3 Å². The largest absolute Gasteiger partial charge is 0.393 e. The summed E-state index contributed by atoms with van der Waals surface area (Å²) in [5.41, 5.74) is 2.67. The maximum atomic E-state index is 9.90. The van der Waals surface area contributed by atoms with Gasteiger partial charge in [0.25, 0.3) is 0 Å². The Morgan fingerprint density at radius 2 is 2.20 bits per heavy atom. The van der Waals surface area contributed by atoms with Crippen molar-refractivity contribution in [3.8, 4) is 0 Å². The summed E-state index contributed by atoms with van der Waals surface area (Å²) in [5, 5.41) is 9.90. The fourth-order valence-corrected chi connectivity index (χ4v) is 2.24. The molecular weight excluding hydrogens is 184 g/mol. The lowest BCUT2D eigenvalue weighted by Crippen LogP contribution is -2.26. The summed E-state index contributed by atoms with van der Waals surface area (Å²) in [6.07, 6.45) is 5.64. The number of rotatable bonds is 4. The van der Waals surface area contributed by atoms with Gasteiger partial charge in [-0.2, -0.15) is 0 Å². The summed E-state index contributed by atoms with van der Waals surface area (Å²) in [5.74, 6) is 0.592. The lowest BCUT2D eigenvalue weighted by atomic mass is 9.79. The van der Waals surface area contributed by atoms with Gasteiger partial charge in [-0.05, 0) is 44.1 Å². The Bertz CT molecular complexity index is 315. The van der Waals surface area contributed by atoms with Gasteiger partial charge in [0.1, 0.15) is 0 Å². The van der Waals surface area contributed by atoms with Crippen molar-refractivity contribution in [1.29, 1.82) is 0 Å². The Morgan fingerprint density at radius 3 is 2.80 bits per heavy atom. The van der Waals surface area contributed by atoms with E-state index in [0.717, 1.165) is 12.8 Å². The zero-order chi connectivity index (χ0) is 10.7. The molecule has 1 aliphatic carbocycles. The summed E-state index contributed by atoms with van der Waals surface area (Å²) in [6, 6.07) is 8.58. The topological polar surface area (TPSA) is 20.2 Å². The van der Waals surface area contributed by atoms with Crippen molar-refractivity contribution < 1.29 is 5.11 Å². The summed E-state index contributed by atoms with van der Waals surface area (Å²) < 4.78 is 0. The first-order valence-electron chi connectivity index (χ1n) is 5.99. The number of aryl methyl sites for hydroxylation is 2. The highest BCUT2D eigenvalue weighted by Crippen LogP contribution is 2.31. The van der Waals surface area contributed by atoms with E-state index in [1.807, 2.05) is 0 Å². The van der Waals surface area contributed by atoms with Gasteiger partial charge in [0.05, 0.1) is 6.10 Å². The Balaban J connectivity index is 1.81. The molecule has 1 unspecified atom stereocenters. The standard InChI is InChI=1S/C14H20O/c1-11-4-2-5-12(10-11)8-9-14(15)13-6-3-7-13/h2,4-5,10,13-15H,3,6-9H2,1H3. The number of aliphatic hydroxyl groups is 1. The minimum absolute atomic E-state index is 0.0701. The van der Waals surface area contributed by atoms with Gasteiger partial charge in [-0.25, -0.2) is 0 Å². The fourth-order valence-electron chi connectivity index (χ4n) is 2.24. The van der Waals surface area contributed by atoms with E-state index < -0.39 is 0 Å². The fraction of sp³-hybridized carbons (Fsp3) is 0.571. The molecule has 0 saturated heterocycles. The molecule has 15 heavy (non-hydrogen) atoms. The molecule has 0 spiro atoms. The first-order valence-corrected chi connectivity index (χ1v) is 5.99. The van der Waals surface area contributed by atoms with Gasteiger partial charge < -0.3 is 5.11 Å². The van der Waals surface area contributed by atoms with E-state index >= 15 is 0 Å². The molecule has 1 aromatic rings. The molecule has 0 bridgehead atoms. The van der Waals surface area contributed by atoms with Crippen LogP contribution in [0.5, 0.6) is 0 Å². The number of hydrogen-bond acceptors (Lipinski definition) is 1. The molecule has 1 aromatic carbocycles. The van der Waals surface area contributed by atoms with Crippen LogP contribution in [0.3, 0.4) is 0 Å². The molecule has 0 amide bonds. The van der Waals surface area contributed by atoms with E-state index in [4.69, 9.17) is 0 Å². The van der Waals surface area contributed by atoms with Gasteiger partial charge in [0.15, 0.2) is 0 Å². The van der Waals surface area contributed by atoms with Crippen LogP contribution in [-0.4, -0.2) is 11.2 Å². The van der Waals surface area contributed by atoms with Crippen molar-refractivity contribution in [1.82, 2.24) is 0 Å². The van der Waals surface area contributed by atoms with Gasteiger partial charge in [-0.1, -0.05) is 36.2 Å². The maximum Gasteiger partial charge on any atom is 0.0571 e. The van der Waals surface area contributed by atoms with Crippen molar-refractivity contribution in [2.45, 2.75) is 45.1 Å². The van der Waals surface area contributed by atoms with Crippen LogP contribution in [0, 0.1) is 12.8 Å². The van der Waals surface area contributed by atoms with Crippen LogP contribution in [0.25, 0.3) is 0 Å². The van der Waals surface area contributed by atoms with Crippen molar-refractivity contribution in [2.75, 3.05) is 0 Å². The minimum atomic E-state index is -0.0701. The van der Waals surface area contributed by atoms with Gasteiger partial charge >= 0.3 is 0 Å². The van der Waals surface area contributed by atoms with Gasteiger partial charge in [-0.15, -0.1) is 0 Å². The zero-order valence-corrected chi connectivity index (χ0v) is 9.45. The predicted molar refractivity (Wildman–Crippen MR) is 62.8 cm³/mol. The van der Waals surface area contributed by atoms with E-state index in [2.05, 4.69) is 31.2 Å². The summed E-state index contributed by atoms with van der Waals surface area (Å²) >= 11 is 0. The molecule has 2 rings (SSSR count). The third-order valence-corrected chi connectivity index (χ3v) is 3.51. The molecule has 1 saturated carbocycles. The summed E-state index contributed by atoms with van der Waals surface area (Å²) in [7, 11) is 0. The smallest absolute Gasteiger partial charge is 0.0571 e. The Morgan fingerprint density at radius 1 is 1.40 bits per heavy atom. The van der Waals surface area contributed by atoms with Crippen molar-refractivity contribution in [2.24, 2.45) is 5.92 Å². The molecule has 1 nitrogen and oxygen atoms in total. The minimum Gasteiger partial charge on any atom is -0.393 e. The molecule has 0 radical (unpaired) electrons. The third kappa shape index (κ3) is 2.82. The molecule has 1 heteroatoms. The molecule has 0 heterocycles. The lowest BCUT2D eigenvalue weighted by molar-refractivity contribution is 0.0560. The second-order valence-electron chi connectivity index (χ2n) is 4.79. The number of benzene rings is 1. The SMILES string of the molecule is Cc1cccc(CCC(O)C2CCC2)c1. The third-order valence-electron chi connectivity index (χ3n) is 3.51. The molecular formula is C14H20O. The van der Waals surface area contributed by atoms with Crippen molar-refractivity contribution in [3.05, 3.63) is 35.4 Å². The van der Waals surface area contributed by atoms with E-state index in [1.165, 1.54) is 30.4 Å². The van der Waals surface area contributed by atoms with Gasteiger partial charge in [0, 0.05) is 0 Å². The molecule has 1 aliphatic rings. The number of aliphatic hydroxyl groups excluding tert-OH is 1. The molecule has 0 aromatic heterocycles. The zero-order valence-electron chi connectivity index (χ0n) is 9.45. The highest BCUT2D eigenvalue weighted by atomic mass is 16.3. The van der Waals surface area contributed by atoms with Crippen LogP contribution in [-0.2, 0) is 6.42 Å². The summed E-state index contributed by atoms with van der Waals surface area (Å²) in [4.78, 5) is 0. The van der Waals surface area contributed by atoms with Gasteiger partial charge in [0.2, 0.25) is 0 Å². The monoisotopic (exact) mass is 204 g/mol. The molecule has 1 N–H and O–H groups in total. The Hall–Kier alpha value is -0.820. The average Bonchev–Trinajstić information content (AvgIpc) is 2.12. The van der Waals surface area contributed by atoms with Crippen LogP contribution < -0.4 is 0 Å². The number of hydrogen-bond donors (Lipinski definition) is 1.